The third-order valence-corrected chi connectivity index (χ3v) is 4.38. The van der Waals surface area contributed by atoms with E-state index in [0.717, 1.165) is 17.8 Å². The standard InChI is InChI=1S/C22H38/c1-17(2)8-7-9-20-14-21(12-10-18(3)4)16-22(15-20)13-11-19(5)6/h14-19H,7-13H2,1-6H3. The van der Waals surface area contributed by atoms with E-state index in [2.05, 4.69) is 59.7 Å². The SMILES string of the molecule is CC(C)CCCc1cc(CCC(C)C)cc(CCC(C)C)c1. The summed E-state index contributed by atoms with van der Waals surface area (Å²) in [5.74, 6) is 2.41. The molecule has 0 amide bonds. The summed E-state index contributed by atoms with van der Waals surface area (Å²) in [6.07, 6.45) is 9.02. The van der Waals surface area contributed by atoms with Crippen molar-refractivity contribution in [3.8, 4) is 0 Å². The zero-order chi connectivity index (χ0) is 16.5. The summed E-state index contributed by atoms with van der Waals surface area (Å²) in [6.45, 7) is 14.0. The summed E-state index contributed by atoms with van der Waals surface area (Å²) in [5.41, 5.74) is 4.70. The molecule has 1 aromatic carbocycles. The molecule has 0 saturated carbocycles. The minimum Gasteiger partial charge on any atom is -0.0628 e. The van der Waals surface area contributed by atoms with E-state index in [1.54, 1.807) is 16.7 Å². The highest BCUT2D eigenvalue weighted by Gasteiger charge is 2.05. The maximum Gasteiger partial charge on any atom is -0.0276 e. The molecular weight excluding hydrogens is 264 g/mol. The molecule has 0 bridgehead atoms. The lowest BCUT2D eigenvalue weighted by molar-refractivity contribution is 0.554. The van der Waals surface area contributed by atoms with Crippen molar-refractivity contribution in [1.29, 1.82) is 0 Å². The van der Waals surface area contributed by atoms with Gasteiger partial charge in [0.05, 0.1) is 0 Å². The van der Waals surface area contributed by atoms with Crippen molar-refractivity contribution in [2.45, 2.75) is 86.5 Å². The summed E-state index contributed by atoms with van der Waals surface area (Å²) in [5, 5.41) is 0. The van der Waals surface area contributed by atoms with Crippen molar-refractivity contribution >= 4 is 0 Å². The van der Waals surface area contributed by atoms with Crippen LogP contribution in [0.15, 0.2) is 18.2 Å². The lowest BCUT2D eigenvalue weighted by atomic mass is 9.93. The Hall–Kier alpha value is -0.780. The Labute approximate surface area is 139 Å². The van der Waals surface area contributed by atoms with Gasteiger partial charge in [0.2, 0.25) is 0 Å². The fourth-order valence-electron chi connectivity index (χ4n) is 2.90. The maximum atomic E-state index is 2.47. The number of rotatable bonds is 10. The van der Waals surface area contributed by atoms with Crippen molar-refractivity contribution in [2.24, 2.45) is 17.8 Å². The molecule has 0 aliphatic carbocycles. The first-order valence-corrected chi connectivity index (χ1v) is 9.48. The molecule has 0 spiro atoms. The number of aryl methyl sites for hydroxylation is 3. The van der Waals surface area contributed by atoms with Gasteiger partial charge < -0.3 is 0 Å². The summed E-state index contributed by atoms with van der Waals surface area (Å²) in [7, 11) is 0. The Morgan fingerprint density at radius 2 is 0.909 bits per heavy atom. The highest BCUT2D eigenvalue weighted by atomic mass is 14.1. The summed E-state index contributed by atoms with van der Waals surface area (Å²) in [4.78, 5) is 0. The molecule has 1 rings (SSSR count). The van der Waals surface area contributed by atoms with Gasteiger partial charge >= 0.3 is 0 Å². The van der Waals surface area contributed by atoms with Gasteiger partial charge in [-0.15, -0.1) is 0 Å². The Morgan fingerprint density at radius 1 is 0.545 bits per heavy atom. The van der Waals surface area contributed by atoms with Gasteiger partial charge in [-0.3, -0.25) is 0 Å². The fourth-order valence-corrected chi connectivity index (χ4v) is 2.90. The Balaban J connectivity index is 2.74. The molecule has 126 valence electrons. The van der Waals surface area contributed by atoms with Gasteiger partial charge in [0.25, 0.3) is 0 Å². The number of benzene rings is 1. The largest absolute Gasteiger partial charge is 0.0628 e. The van der Waals surface area contributed by atoms with Crippen LogP contribution in [-0.4, -0.2) is 0 Å². The molecule has 0 N–H and O–H groups in total. The molecule has 0 aliphatic rings. The van der Waals surface area contributed by atoms with Crippen LogP contribution in [0.4, 0.5) is 0 Å². The van der Waals surface area contributed by atoms with Crippen molar-refractivity contribution < 1.29 is 0 Å². The van der Waals surface area contributed by atoms with Gasteiger partial charge in [0.15, 0.2) is 0 Å². The molecule has 0 nitrogen and oxygen atoms in total. The average molecular weight is 303 g/mol. The molecule has 0 heteroatoms. The minimum absolute atomic E-state index is 0.795. The van der Waals surface area contributed by atoms with Crippen LogP contribution in [0.3, 0.4) is 0 Å². The van der Waals surface area contributed by atoms with E-state index >= 15 is 0 Å². The highest BCUT2D eigenvalue weighted by molar-refractivity contribution is 5.31. The van der Waals surface area contributed by atoms with E-state index < -0.39 is 0 Å². The van der Waals surface area contributed by atoms with Crippen molar-refractivity contribution in [3.63, 3.8) is 0 Å². The van der Waals surface area contributed by atoms with Crippen LogP contribution in [0.2, 0.25) is 0 Å². The van der Waals surface area contributed by atoms with Gasteiger partial charge in [-0.1, -0.05) is 66.2 Å². The second-order valence-electron chi connectivity index (χ2n) is 8.31. The molecule has 0 fully saturated rings. The van der Waals surface area contributed by atoms with Gasteiger partial charge in [0.1, 0.15) is 0 Å². The second-order valence-corrected chi connectivity index (χ2v) is 8.31. The molecule has 1 aromatic rings. The molecule has 0 unspecified atom stereocenters. The average Bonchev–Trinajstić information content (AvgIpc) is 2.42. The first-order chi connectivity index (χ1) is 10.4. The Kier molecular flexibility index (Phi) is 8.83. The molecule has 0 heterocycles. The van der Waals surface area contributed by atoms with Crippen LogP contribution >= 0.6 is 0 Å². The van der Waals surface area contributed by atoms with Crippen LogP contribution in [0.25, 0.3) is 0 Å². The first kappa shape index (κ1) is 19.3. The molecule has 0 saturated heterocycles. The highest BCUT2D eigenvalue weighted by Crippen LogP contribution is 2.19. The minimum atomic E-state index is 0.795. The summed E-state index contributed by atoms with van der Waals surface area (Å²) >= 11 is 0. The van der Waals surface area contributed by atoms with Crippen LogP contribution in [0.1, 0.15) is 83.9 Å². The maximum absolute atomic E-state index is 2.47. The zero-order valence-corrected chi connectivity index (χ0v) is 15.9. The van der Waals surface area contributed by atoms with E-state index in [4.69, 9.17) is 0 Å². The first-order valence-electron chi connectivity index (χ1n) is 9.48. The lowest BCUT2D eigenvalue weighted by Gasteiger charge is -2.13. The molecule has 0 atom stereocenters. The normalized spacial score (nSPS) is 11.9. The topological polar surface area (TPSA) is 0 Å². The van der Waals surface area contributed by atoms with E-state index in [0.29, 0.717) is 0 Å². The molecule has 22 heavy (non-hydrogen) atoms. The van der Waals surface area contributed by atoms with Crippen LogP contribution < -0.4 is 0 Å². The van der Waals surface area contributed by atoms with Crippen LogP contribution in [-0.2, 0) is 19.3 Å². The smallest absolute Gasteiger partial charge is 0.0276 e. The predicted octanol–water partition coefficient (Wildman–Crippen LogP) is 6.84. The molecular formula is C22H38. The monoisotopic (exact) mass is 302 g/mol. The Morgan fingerprint density at radius 3 is 1.27 bits per heavy atom. The van der Waals surface area contributed by atoms with Crippen molar-refractivity contribution in [3.05, 3.63) is 34.9 Å². The Bertz CT molecular complexity index is 382. The predicted molar refractivity (Wildman–Crippen MR) is 101 cm³/mol. The van der Waals surface area contributed by atoms with Crippen molar-refractivity contribution in [1.82, 2.24) is 0 Å². The van der Waals surface area contributed by atoms with Gasteiger partial charge in [-0.25, -0.2) is 0 Å². The van der Waals surface area contributed by atoms with Gasteiger partial charge in [-0.05, 0) is 73.0 Å². The van der Waals surface area contributed by atoms with Crippen molar-refractivity contribution in [2.75, 3.05) is 0 Å². The van der Waals surface area contributed by atoms with Crippen LogP contribution in [0, 0.1) is 17.8 Å². The second kappa shape index (κ2) is 10.1. The number of hydrogen-bond donors (Lipinski definition) is 0. The van der Waals surface area contributed by atoms with E-state index in [1.165, 1.54) is 44.9 Å². The van der Waals surface area contributed by atoms with Gasteiger partial charge in [-0.2, -0.15) is 0 Å². The zero-order valence-electron chi connectivity index (χ0n) is 15.9. The number of hydrogen-bond acceptors (Lipinski definition) is 0. The van der Waals surface area contributed by atoms with Crippen LogP contribution in [0.5, 0.6) is 0 Å². The molecule has 0 radical (unpaired) electrons. The third kappa shape index (κ3) is 8.61. The summed E-state index contributed by atoms with van der Waals surface area (Å²) in [6, 6.07) is 7.42. The quantitative estimate of drug-likeness (QED) is 0.443. The van der Waals surface area contributed by atoms with E-state index in [1.807, 2.05) is 0 Å². The lowest BCUT2D eigenvalue weighted by Crippen LogP contribution is -1.99. The third-order valence-electron chi connectivity index (χ3n) is 4.38. The van der Waals surface area contributed by atoms with Gasteiger partial charge in [0, 0.05) is 0 Å². The fraction of sp³-hybridized carbons (Fsp3) is 0.727. The summed E-state index contributed by atoms with van der Waals surface area (Å²) < 4.78 is 0. The van der Waals surface area contributed by atoms with E-state index in [-0.39, 0.29) is 0 Å². The molecule has 0 aromatic heterocycles. The molecule has 0 aliphatic heterocycles. The van der Waals surface area contributed by atoms with E-state index in [9.17, 15) is 0 Å².